The zero-order valence-corrected chi connectivity index (χ0v) is 12.7. The molecule has 1 N–H and O–H groups in total. The van der Waals surface area contributed by atoms with Gasteiger partial charge in [0.2, 0.25) is 0 Å². The Labute approximate surface area is 119 Å². The van der Waals surface area contributed by atoms with Crippen molar-refractivity contribution in [2.24, 2.45) is 5.92 Å². The van der Waals surface area contributed by atoms with E-state index in [0.717, 1.165) is 24.0 Å². The molecule has 3 fully saturated rings. The van der Waals surface area contributed by atoms with E-state index in [1.807, 2.05) is 0 Å². The minimum absolute atomic E-state index is 0.815. The van der Waals surface area contributed by atoms with Gasteiger partial charge in [-0.05, 0) is 51.6 Å². The highest BCUT2D eigenvalue weighted by molar-refractivity contribution is 4.93. The molecule has 2 heteroatoms. The summed E-state index contributed by atoms with van der Waals surface area (Å²) in [6.07, 6.45) is 16.0. The van der Waals surface area contributed by atoms with E-state index in [2.05, 4.69) is 17.3 Å². The molecule has 0 aromatic carbocycles. The van der Waals surface area contributed by atoms with Crippen LogP contribution in [-0.2, 0) is 0 Å². The Hall–Kier alpha value is -0.0800. The monoisotopic (exact) mass is 264 g/mol. The summed E-state index contributed by atoms with van der Waals surface area (Å²) in [5, 5.41) is 3.89. The standard InChI is InChI=1S/C17H32N2/c1-19-16-8-5-9-17(19)13-15(12-16)18-11-10-14-6-3-2-4-7-14/h14-18H,2-13H2,1H3. The van der Waals surface area contributed by atoms with Gasteiger partial charge in [0.15, 0.2) is 0 Å². The Morgan fingerprint density at radius 3 is 2.26 bits per heavy atom. The zero-order chi connectivity index (χ0) is 13.1. The van der Waals surface area contributed by atoms with Crippen LogP contribution in [0.5, 0.6) is 0 Å². The molecule has 2 unspecified atom stereocenters. The fourth-order valence-corrected chi connectivity index (χ4v) is 4.75. The van der Waals surface area contributed by atoms with Crippen LogP contribution in [0.15, 0.2) is 0 Å². The molecular formula is C17H32N2. The van der Waals surface area contributed by atoms with Crippen molar-refractivity contribution in [2.45, 2.75) is 88.8 Å². The largest absolute Gasteiger partial charge is 0.314 e. The van der Waals surface area contributed by atoms with Gasteiger partial charge in [-0.3, -0.25) is 0 Å². The lowest BCUT2D eigenvalue weighted by atomic mass is 9.82. The predicted molar refractivity (Wildman–Crippen MR) is 81.4 cm³/mol. The molecule has 3 rings (SSSR count). The van der Waals surface area contributed by atoms with E-state index in [9.17, 15) is 0 Å². The number of nitrogens with zero attached hydrogens (tertiary/aromatic N) is 1. The summed E-state index contributed by atoms with van der Waals surface area (Å²) in [6, 6.07) is 2.56. The Kier molecular flexibility index (Phi) is 4.81. The van der Waals surface area contributed by atoms with Gasteiger partial charge in [0, 0.05) is 18.1 Å². The Bertz CT molecular complexity index is 258. The zero-order valence-electron chi connectivity index (χ0n) is 12.7. The molecule has 2 aliphatic heterocycles. The van der Waals surface area contributed by atoms with Crippen LogP contribution in [0.25, 0.3) is 0 Å². The lowest BCUT2D eigenvalue weighted by Crippen LogP contribution is -2.54. The lowest BCUT2D eigenvalue weighted by molar-refractivity contribution is 0.0482. The second kappa shape index (κ2) is 6.58. The van der Waals surface area contributed by atoms with Gasteiger partial charge >= 0.3 is 0 Å². The molecule has 3 aliphatic rings. The molecule has 110 valence electrons. The Balaban J connectivity index is 1.38. The maximum absolute atomic E-state index is 3.89. The summed E-state index contributed by atoms with van der Waals surface area (Å²) in [5.41, 5.74) is 0. The van der Waals surface area contributed by atoms with E-state index in [4.69, 9.17) is 0 Å². The van der Waals surface area contributed by atoms with Crippen molar-refractivity contribution >= 4 is 0 Å². The van der Waals surface area contributed by atoms with Gasteiger partial charge < -0.3 is 10.2 Å². The highest BCUT2D eigenvalue weighted by atomic mass is 15.2. The average Bonchev–Trinajstić information content (AvgIpc) is 2.41. The summed E-state index contributed by atoms with van der Waals surface area (Å²) in [6.45, 7) is 1.28. The number of hydrogen-bond acceptors (Lipinski definition) is 2. The molecule has 2 atom stereocenters. The summed E-state index contributed by atoms with van der Waals surface area (Å²) < 4.78 is 0. The maximum Gasteiger partial charge on any atom is 0.0110 e. The summed E-state index contributed by atoms with van der Waals surface area (Å²) in [7, 11) is 2.35. The van der Waals surface area contributed by atoms with Gasteiger partial charge in [-0.1, -0.05) is 38.5 Å². The number of rotatable bonds is 4. The summed E-state index contributed by atoms with van der Waals surface area (Å²) in [4.78, 5) is 2.67. The van der Waals surface area contributed by atoms with Crippen LogP contribution in [-0.4, -0.2) is 36.6 Å². The molecule has 0 aromatic rings. The molecule has 0 radical (unpaired) electrons. The Morgan fingerprint density at radius 2 is 1.58 bits per heavy atom. The van der Waals surface area contributed by atoms with E-state index in [1.54, 1.807) is 0 Å². The first kappa shape index (κ1) is 13.9. The van der Waals surface area contributed by atoms with Gasteiger partial charge in [-0.15, -0.1) is 0 Å². The molecule has 2 heterocycles. The van der Waals surface area contributed by atoms with Crippen molar-refractivity contribution in [3.05, 3.63) is 0 Å². The number of nitrogens with one attached hydrogen (secondary N) is 1. The number of fused-ring (bicyclic) bond motifs is 2. The average molecular weight is 264 g/mol. The van der Waals surface area contributed by atoms with Crippen LogP contribution in [0.2, 0.25) is 0 Å². The molecule has 2 nitrogen and oxygen atoms in total. The molecule has 2 bridgehead atoms. The molecule has 0 amide bonds. The molecule has 0 spiro atoms. The second-order valence-corrected chi connectivity index (χ2v) is 7.32. The molecule has 0 aromatic heterocycles. The van der Waals surface area contributed by atoms with Gasteiger partial charge in [-0.25, -0.2) is 0 Å². The van der Waals surface area contributed by atoms with Crippen molar-refractivity contribution in [1.82, 2.24) is 10.2 Å². The van der Waals surface area contributed by atoms with Crippen molar-refractivity contribution < 1.29 is 0 Å². The molecular weight excluding hydrogens is 232 g/mol. The molecule has 1 saturated carbocycles. The Morgan fingerprint density at radius 1 is 0.895 bits per heavy atom. The summed E-state index contributed by atoms with van der Waals surface area (Å²) in [5.74, 6) is 1.03. The normalized spacial score (nSPS) is 37.4. The van der Waals surface area contributed by atoms with Crippen LogP contribution < -0.4 is 5.32 Å². The highest BCUT2D eigenvalue weighted by Gasteiger charge is 2.35. The fraction of sp³-hybridized carbons (Fsp3) is 1.00. The molecule has 19 heavy (non-hydrogen) atoms. The van der Waals surface area contributed by atoms with Crippen LogP contribution >= 0.6 is 0 Å². The van der Waals surface area contributed by atoms with Crippen molar-refractivity contribution in [3.63, 3.8) is 0 Å². The third-order valence-electron chi connectivity index (χ3n) is 6.05. The minimum atomic E-state index is 0.815. The van der Waals surface area contributed by atoms with E-state index in [1.165, 1.54) is 77.2 Å². The van der Waals surface area contributed by atoms with Gasteiger partial charge in [-0.2, -0.15) is 0 Å². The third-order valence-corrected chi connectivity index (χ3v) is 6.05. The van der Waals surface area contributed by atoms with Crippen molar-refractivity contribution in [2.75, 3.05) is 13.6 Å². The first-order chi connectivity index (χ1) is 9.33. The number of hydrogen-bond donors (Lipinski definition) is 1. The van der Waals surface area contributed by atoms with E-state index >= 15 is 0 Å². The van der Waals surface area contributed by atoms with Crippen LogP contribution in [0.3, 0.4) is 0 Å². The predicted octanol–water partition coefficient (Wildman–Crippen LogP) is 3.56. The smallest absolute Gasteiger partial charge is 0.0110 e. The minimum Gasteiger partial charge on any atom is -0.314 e. The second-order valence-electron chi connectivity index (χ2n) is 7.32. The number of piperidine rings is 2. The van der Waals surface area contributed by atoms with Crippen molar-refractivity contribution in [3.8, 4) is 0 Å². The van der Waals surface area contributed by atoms with Crippen molar-refractivity contribution in [1.29, 1.82) is 0 Å². The molecule has 1 aliphatic carbocycles. The maximum atomic E-state index is 3.89. The summed E-state index contributed by atoms with van der Waals surface area (Å²) >= 11 is 0. The van der Waals surface area contributed by atoms with Gasteiger partial charge in [0.05, 0.1) is 0 Å². The SMILES string of the molecule is CN1C2CCCC1CC(NCCC1CCCCC1)C2. The van der Waals surface area contributed by atoms with E-state index in [-0.39, 0.29) is 0 Å². The lowest BCUT2D eigenvalue weighted by Gasteiger charge is -2.47. The highest BCUT2D eigenvalue weighted by Crippen LogP contribution is 2.32. The fourth-order valence-electron chi connectivity index (χ4n) is 4.75. The first-order valence-corrected chi connectivity index (χ1v) is 8.78. The van der Waals surface area contributed by atoms with Crippen LogP contribution in [0.4, 0.5) is 0 Å². The third kappa shape index (κ3) is 3.52. The van der Waals surface area contributed by atoms with Gasteiger partial charge in [0.1, 0.15) is 0 Å². The van der Waals surface area contributed by atoms with Crippen LogP contribution in [0, 0.1) is 5.92 Å². The van der Waals surface area contributed by atoms with E-state index < -0.39 is 0 Å². The van der Waals surface area contributed by atoms with Crippen LogP contribution in [0.1, 0.15) is 70.6 Å². The van der Waals surface area contributed by atoms with E-state index in [0.29, 0.717) is 0 Å². The van der Waals surface area contributed by atoms with Gasteiger partial charge in [0.25, 0.3) is 0 Å². The topological polar surface area (TPSA) is 15.3 Å². The molecule has 2 saturated heterocycles. The quantitative estimate of drug-likeness (QED) is 0.835. The first-order valence-electron chi connectivity index (χ1n) is 8.78.